The Hall–Kier alpha value is -1.94. The molecule has 1 aromatic carbocycles. The number of pyridine rings is 2. The molecule has 1 N–H and O–H groups in total. The van der Waals surface area contributed by atoms with Crippen LogP contribution < -0.4 is 5.32 Å². The lowest BCUT2D eigenvalue weighted by Crippen LogP contribution is -2.01. The van der Waals surface area contributed by atoms with Gasteiger partial charge in [0, 0.05) is 40.4 Å². The van der Waals surface area contributed by atoms with Crippen LogP contribution in [0.25, 0.3) is 10.8 Å². The third-order valence-corrected chi connectivity index (χ3v) is 3.65. The Bertz CT molecular complexity index is 698. The van der Waals surface area contributed by atoms with Crippen LogP contribution in [0.15, 0.2) is 59.5 Å². The minimum Gasteiger partial charge on any atom is -0.365 e. The molecule has 0 unspecified atom stereocenters. The number of rotatable bonds is 3. The van der Waals surface area contributed by atoms with Crippen molar-refractivity contribution in [2.24, 2.45) is 0 Å². The fourth-order valence-corrected chi connectivity index (χ4v) is 2.49. The predicted molar refractivity (Wildman–Crippen MR) is 81.0 cm³/mol. The molecule has 4 heteroatoms. The van der Waals surface area contributed by atoms with Crippen molar-refractivity contribution < 1.29 is 0 Å². The van der Waals surface area contributed by atoms with E-state index in [1.165, 1.54) is 5.56 Å². The van der Waals surface area contributed by atoms with Crippen molar-refractivity contribution in [2.75, 3.05) is 5.32 Å². The van der Waals surface area contributed by atoms with Gasteiger partial charge in [0.1, 0.15) is 5.82 Å². The number of aromatic nitrogens is 2. The molecule has 0 fully saturated rings. The molecule has 0 bridgehead atoms. The second-order valence-electron chi connectivity index (χ2n) is 4.20. The molecule has 0 aliphatic heterocycles. The SMILES string of the molecule is Brc1cccc2c(NCc3ccncc3)nccc12. The topological polar surface area (TPSA) is 37.8 Å². The Kier molecular flexibility index (Phi) is 3.42. The second kappa shape index (κ2) is 5.36. The number of benzene rings is 1. The quantitative estimate of drug-likeness (QED) is 0.794. The molecular weight excluding hydrogens is 302 g/mol. The summed E-state index contributed by atoms with van der Waals surface area (Å²) in [6, 6.07) is 12.1. The summed E-state index contributed by atoms with van der Waals surface area (Å²) in [6.07, 6.45) is 5.41. The van der Waals surface area contributed by atoms with Gasteiger partial charge in [-0.2, -0.15) is 0 Å². The van der Waals surface area contributed by atoms with Crippen LogP contribution in [-0.2, 0) is 6.54 Å². The van der Waals surface area contributed by atoms with Crippen molar-refractivity contribution in [1.29, 1.82) is 0 Å². The van der Waals surface area contributed by atoms with Gasteiger partial charge < -0.3 is 5.32 Å². The van der Waals surface area contributed by atoms with Crippen molar-refractivity contribution in [3.63, 3.8) is 0 Å². The van der Waals surface area contributed by atoms with Crippen molar-refractivity contribution >= 4 is 32.5 Å². The first-order valence-electron chi connectivity index (χ1n) is 6.00. The lowest BCUT2D eigenvalue weighted by Gasteiger charge is -2.09. The summed E-state index contributed by atoms with van der Waals surface area (Å²) in [5.41, 5.74) is 1.18. The number of nitrogens with one attached hydrogen (secondary N) is 1. The number of halogens is 1. The van der Waals surface area contributed by atoms with Gasteiger partial charge in [-0.25, -0.2) is 4.98 Å². The van der Waals surface area contributed by atoms with Crippen LogP contribution in [0.5, 0.6) is 0 Å². The van der Waals surface area contributed by atoms with Crippen LogP contribution in [0, 0.1) is 0 Å². The lowest BCUT2D eigenvalue weighted by molar-refractivity contribution is 1.10. The van der Waals surface area contributed by atoms with Crippen LogP contribution in [0.3, 0.4) is 0 Å². The number of hydrogen-bond donors (Lipinski definition) is 1. The van der Waals surface area contributed by atoms with E-state index < -0.39 is 0 Å². The van der Waals surface area contributed by atoms with Gasteiger partial charge in [0.25, 0.3) is 0 Å². The highest BCUT2D eigenvalue weighted by molar-refractivity contribution is 9.10. The molecule has 3 aromatic rings. The molecule has 3 rings (SSSR count). The third kappa shape index (κ3) is 2.58. The van der Waals surface area contributed by atoms with Crippen LogP contribution in [0.4, 0.5) is 5.82 Å². The second-order valence-corrected chi connectivity index (χ2v) is 5.06. The normalized spacial score (nSPS) is 10.6. The van der Waals surface area contributed by atoms with Gasteiger partial charge in [0.05, 0.1) is 0 Å². The highest BCUT2D eigenvalue weighted by atomic mass is 79.9. The molecule has 0 aliphatic carbocycles. The highest BCUT2D eigenvalue weighted by Crippen LogP contribution is 2.27. The molecular formula is C15H12BrN3. The van der Waals surface area contributed by atoms with Gasteiger partial charge in [-0.05, 0) is 29.8 Å². The summed E-state index contributed by atoms with van der Waals surface area (Å²) in [7, 11) is 0. The summed E-state index contributed by atoms with van der Waals surface area (Å²) in [6.45, 7) is 0.737. The van der Waals surface area contributed by atoms with E-state index in [0.29, 0.717) is 0 Å². The largest absolute Gasteiger partial charge is 0.365 e. The van der Waals surface area contributed by atoms with Gasteiger partial charge in [-0.3, -0.25) is 4.98 Å². The number of nitrogens with zero attached hydrogens (tertiary/aromatic N) is 2. The van der Waals surface area contributed by atoms with Crippen molar-refractivity contribution in [2.45, 2.75) is 6.54 Å². The standard InChI is InChI=1S/C15H12BrN3/c16-14-3-1-2-13-12(14)6-9-18-15(13)19-10-11-4-7-17-8-5-11/h1-9H,10H2,(H,18,19). The molecule has 0 spiro atoms. The van der Waals surface area contributed by atoms with E-state index in [1.54, 1.807) is 12.4 Å². The molecule has 0 saturated heterocycles. The minimum atomic E-state index is 0.737. The molecule has 0 saturated carbocycles. The summed E-state index contributed by atoms with van der Waals surface area (Å²) in [5, 5.41) is 5.65. The maximum absolute atomic E-state index is 4.42. The van der Waals surface area contributed by atoms with E-state index in [4.69, 9.17) is 0 Å². The molecule has 0 radical (unpaired) electrons. The van der Waals surface area contributed by atoms with Gasteiger partial charge in [-0.15, -0.1) is 0 Å². The summed E-state index contributed by atoms with van der Waals surface area (Å²) in [5.74, 6) is 0.899. The molecule has 2 heterocycles. The Morgan fingerprint density at radius 3 is 2.63 bits per heavy atom. The van der Waals surface area contributed by atoms with Crippen LogP contribution in [0.1, 0.15) is 5.56 Å². The first kappa shape index (κ1) is 12.1. The Morgan fingerprint density at radius 1 is 0.947 bits per heavy atom. The first-order valence-corrected chi connectivity index (χ1v) is 6.80. The van der Waals surface area contributed by atoms with E-state index in [1.807, 2.05) is 36.5 Å². The Balaban J connectivity index is 1.91. The fraction of sp³-hybridized carbons (Fsp3) is 0.0667. The molecule has 0 atom stereocenters. The summed E-state index contributed by atoms with van der Waals surface area (Å²) in [4.78, 5) is 8.43. The minimum absolute atomic E-state index is 0.737. The van der Waals surface area contributed by atoms with Gasteiger partial charge >= 0.3 is 0 Å². The monoisotopic (exact) mass is 313 g/mol. The third-order valence-electron chi connectivity index (χ3n) is 2.96. The maximum atomic E-state index is 4.42. The number of fused-ring (bicyclic) bond motifs is 1. The zero-order valence-corrected chi connectivity index (χ0v) is 11.8. The van der Waals surface area contributed by atoms with E-state index in [9.17, 15) is 0 Å². The van der Waals surface area contributed by atoms with Crippen LogP contribution in [-0.4, -0.2) is 9.97 Å². The van der Waals surface area contributed by atoms with Crippen molar-refractivity contribution in [1.82, 2.24) is 9.97 Å². The van der Waals surface area contributed by atoms with Gasteiger partial charge in [0.15, 0.2) is 0 Å². The first-order chi connectivity index (χ1) is 9.34. The van der Waals surface area contributed by atoms with Gasteiger partial charge in [0.2, 0.25) is 0 Å². The average molecular weight is 314 g/mol. The Labute approximate surface area is 119 Å². The maximum Gasteiger partial charge on any atom is 0.134 e. The average Bonchev–Trinajstić information content (AvgIpc) is 2.47. The molecule has 3 nitrogen and oxygen atoms in total. The van der Waals surface area contributed by atoms with E-state index in [-0.39, 0.29) is 0 Å². The van der Waals surface area contributed by atoms with Gasteiger partial charge in [-0.1, -0.05) is 28.1 Å². The molecule has 0 aliphatic rings. The lowest BCUT2D eigenvalue weighted by atomic mass is 10.1. The number of anilines is 1. The fourth-order valence-electron chi connectivity index (χ4n) is 2.00. The van der Waals surface area contributed by atoms with Crippen LogP contribution in [0.2, 0.25) is 0 Å². The highest BCUT2D eigenvalue weighted by Gasteiger charge is 2.04. The molecule has 94 valence electrons. The summed E-state index contributed by atoms with van der Waals surface area (Å²) >= 11 is 3.56. The Morgan fingerprint density at radius 2 is 1.79 bits per heavy atom. The smallest absolute Gasteiger partial charge is 0.134 e. The van der Waals surface area contributed by atoms with Crippen LogP contribution >= 0.6 is 15.9 Å². The predicted octanol–water partition coefficient (Wildman–Crippen LogP) is 4.00. The van der Waals surface area contributed by atoms with E-state index in [2.05, 4.69) is 37.3 Å². The summed E-state index contributed by atoms with van der Waals surface area (Å²) < 4.78 is 1.08. The molecule has 2 aromatic heterocycles. The zero-order chi connectivity index (χ0) is 13.1. The van der Waals surface area contributed by atoms with Crippen molar-refractivity contribution in [3.05, 3.63) is 65.0 Å². The van der Waals surface area contributed by atoms with E-state index in [0.717, 1.165) is 27.6 Å². The zero-order valence-electron chi connectivity index (χ0n) is 10.2. The molecule has 0 amide bonds. The number of hydrogen-bond acceptors (Lipinski definition) is 3. The molecule has 19 heavy (non-hydrogen) atoms. The van der Waals surface area contributed by atoms with E-state index >= 15 is 0 Å². The van der Waals surface area contributed by atoms with Crippen molar-refractivity contribution in [3.8, 4) is 0 Å².